The fraction of sp³-hybridized carbons (Fsp3) is 0.571. The van der Waals surface area contributed by atoms with Gasteiger partial charge >= 0.3 is 0 Å². The second kappa shape index (κ2) is 4.09. The van der Waals surface area contributed by atoms with Crippen LogP contribution in [0.3, 0.4) is 0 Å². The molecule has 2 aliphatic heterocycles. The Labute approximate surface area is 118 Å². The largest absolute Gasteiger partial charge is 0.494 e. The number of hydrogen-bond acceptors (Lipinski definition) is 6. The Morgan fingerprint density at radius 2 is 2.15 bits per heavy atom. The van der Waals surface area contributed by atoms with Crippen molar-refractivity contribution in [1.29, 1.82) is 0 Å². The molecule has 0 bridgehead atoms. The zero-order chi connectivity index (χ0) is 14.7. The third kappa shape index (κ3) is 1.67. The van der Waals surface area contributed by atoms with Crippen molar-refractivity contribution in [3.05, 3.63) is 23.1 Å². The first-order valence-corrected chi connectivity index (χ1v) is 6.80. The monoisotopic (exact) mass is 276 g/mol. The maximum Gasteiger partial charge on any atom is 0.197 e. The second-order valence-corrected chi connectivity index (χ2v) is 6.25. The lowest BCUT2D eigenvalue weighted by Crippen LogP contribution is -2.43. The first-order valence-electron chi connectivity index (χ1n) is 6.80. The van der Waals surface area contributed by atoms with Crippen LogP contribution in [-0.2, 0) is 9.53 Å². The van der Waals surface area contributed by atoms with Crippen molar-refractivity contribution in [3.63, 3.8) is 0 Å². The van der Waals surface area contributed by atoms with Crippen LogP contribution < -0.4 is 11.5 Å². The predicted molar refractivity (Wildman–Crippen MR) is 75.4 cm³/mol. The Bertz CT molecular complexity index is 574. The van der Waals surface area contributed by atoms with E-state index < -0.39 is 0 Å². The molecule has 2 heterocycles. The van der Waals surface area contributed by atoms with Crippen molar-refractivity contribution in [2.24, 2.45) is 21.9 Å². The number of carbonyl (C=O) groups is 1. The molecular weight excluding hydrogens is 256 g/mol. The summed E-state index contributed by atoms with van der Waals surface area (Å²) in [6, 6.07) is -0.0458. The smallest absolute Gasteiger partial charge is 0.197 e. The van der Waals surface area contributed by atoms with Gasteiger partial charge in [0, 0.05) is 11.0 Å². The van der Waals surface area contributed by atoms with E-state index in [0.29, 0.717) is 19.0 Å². The van der Waals surface area contributed by atoms with Gasteiger partial charge in [-0.25, -0.2) is 4.99 Å². The van der Waals surface area contributed by atoms with Crippen molar-refractivity contribution in [1.82, 2.24) is 4.90 Å². The summed E-state index contributed by atoms with van der Waals surface area (Å²) in [6.45, 7) is 6.22. The lowest BCUT2D eigenvalue weighted by Gasteiger charge is -2.30. The summed E-state index contributed by atoms with van der Waals surface area (Å²) in [6.07, 6.45) is 2.01. The van der Waals surface area contributed by atoms with Gasteiger partial charge in [-0.05, 0) is 18.9 Å². The van der Waals surface area contributed by atoms with Crippen LogP contribution in [0.1, 0.15) is 27.2 Å². The molecule has 0 saturated heterocycles. The van der Waals surface area contributed by atoms with Crippen molar-refractivity contribution in [2.75, 3.05) is 6.61 Å². The van der Waals surface area contributed by atoms with Gasteiger partial charge < -0.3 is 21.1 Å². The third-order valence-electron chi connectivity index (χ3n) is 4.29. The van der Waals surface area contributed by atoms with Crippen LogP contribution in [0.25, 0.3) is 0 Å². The topological polar surface area (TPSA) is 93.9 Å². The van der Waals surface area contributed by atoms with E-state index in [0.717, 1.165) is 16.8 Å². The molecule has 6 heteroatoms. The average molecular weight is 276 g/mol. The Kier molecular flexibility index (Phi) is 2.69. The molecule has 1 aliphatic carbocycles. The molecule has 108 valence electrons. The van der Waals surface area contributed by atoms with Crippen LogP contribution in [0.4, 0.5) is 0 Å². The minimum Gasteiger partial charge on any atom is -0.494 e. The molecule has 0 fully saturated rings. The minimum absolute atomic E-state index is 0.0458. The van der Waals surface area contributed by atoms with Crippen LogP contribution in [0.15, 0.2) is 28.1 Å². The maximum absolute atomic E-state index is 12.4. The molecule has 4 N–H and O–H groups in total. The minimum atomic E-state index is -0.381. The Morgan fingerprint density at radius 3 is 2.75 bits per heavy atom. The van der Waals surface area contributed by atoms with E-state index in [1.165, 1.54) is 0 Å². The molecule has 0 saturated carbocycles. The second-order valence-electron chi connectivity index (χ2n) is 6.25. The molecule has 0 aromatic heterocycles. The first kappa shape index (κ1) is 13.2. The van der Waals surface area contributed by atoms with Crippen LogP contribution in [-0.4, -0.2) is 35.5 Å². The number of allylic oxidation sites excluding steroid dienone is 1. The predicted octanol–water partition coefficient (Wildman–Crippen LogP) is 0.457. The van der Waals surface area contributed by atoms with Gasteiger partial charge in [0.2, 0.25) is 0 Å². The molecule has 6 nitrogen and oxygen atoms in total. The van der Waals surface area contributed by atoms with Gasteiger partial charge in [0.05, 0.1) is 11.7 Å². The normalized spacial score (nSPS) is 32.0. The van der Waals surface area contributed by atoms with Crippen LogP contribution >= 0.6 is 0 Å². The van der Waals surface area contributed by atoms with Crippen LogP contribution in [0, 0.1) is 5.41 Å². The summed E-state index contributed by atoms with van der Waals surface area (Å²) in [4.78, 5) is 18.4. The fourth-order valence-electron chi connectivity index (χ4n) is 3.08. The van der Waals surface area contributed by atoms with E-state index in [9.17, 15) is 4.79 Å². The summed E-state index contributed by atoms with van der Waals surface area (Å²) in [5.41, 5.74) is 14.1. The van der Waals surface area contributed by atoms with Crippen molar-refractivity contribution >= 4 is 11.7 Å². The van der Waals surface area contributed by atoms with Crippen molar-refractivity contribution in [3.8, 4) is 0 Å². The van der Waals surface area contributed by atoms with Crippen LogP contribution in [0.2, 0.25) is 0 Å². The maximum atomic E-state index is 12.4. The number of aliphatic imine (C=N–C) groups is 1. The van der Waals surface area contributed by atoms with Crippen molar-refractivity contribution in [2.45, 2.75) is 39.4 Å². The van der Waals surface area contributed by atoms with Crippen LogP contribution in [0.5, 0.6) is 0 Å². The molecule has 20 heavy (non-hydrogen) atoms. The molecule has 3 aliphatic rings. The number of guanidine groups is 1. The summed E-state index contributed by atoms with van der Waals surface area (Å²) < 4.78 is 5.47. The number of Topliss-reactive ketones (excluding diaryl/α,β-unsaturated/α-hetero) is 1. The van der Waals surface area contributed by atoms with E-state index in [1.54, 1.807) is 6.26 Å². The Morgan fingerprint density at radius 1 is 1.45 bits per heavy atom. The van der Waals surface area contributed by atoms with E-state index in [1.807, 2.05) is 25.7 Å². The summed E-state index contributed by atoms with van der Waals surface area (Å²) in [5, 5.41) is 0. The SMILES string of the molecule is CC1C(N)N=C(N)N1C1=COCC2=C1CC(C)(C)C2=O. The summed E-state index contributed by atoms with van der Waals surface area (Å²) >= 11 is 0. The molecule has 0 spiro atoms. The van der Waals surface area contributed by atoms with E-state index in [2.05, 4.69) is 4.99 Å². The molecule has 3 rings (SSSR count). The highest BCUT2D eigenvalue weighted by molar-refractivity contribution is 6.04. The highest BCUT2D eigenvalue weighted by Crippen LogP contribution is 2.44. The number of carbonyl (C=O) groups excluding carboxylic acids is 1. The molecule has 0 amide bonds. The van der Waals surface area contributed by atoms with E-state index in [4.69, 9.17) is 16.2 Å². The van der Waals surface area contributed by atoms with E-state index >= 15 is 0 Å². The molecule has 2 atom stereocenters. The molecule has 0 aromatic carbocycles. The quantitative estimate of drug-likeness (QED) is 0.725. The summed E-state index contributed by atoms with van der Waals surface area (Å²) in [7, 11) is 0. The third-order valence-corrected chi connectivity index (χ3v) is 4.29. The molecular formula is C14H20N4O2. The van der Waals surface area contributed by atoms with Gasteiger partial charge in [-0.3, -0.25) is 4.79 Å². The van der Waals surface area contributed by atoms with Gasteiger partial charge in [0.1, 0.15) is 19.0 Å². The standard InChI is InChI=1S/C14H20N4O2/c1-7-12(15)17-13(16)18(7)10-6-20-5-9-8(10)4-14(2,3)11(9)19/h6-7,12H,4-5,15H2,1-3H3,(H2,16,17). The average Bonchev–Trinajstić information content (AvgIpc) is 2.75. The number of ketones is 1. The fourth-order valence-corrected chi connectivity index (χ4v) is 3.08. The zero-order valence-corrected chi connectivity index (χ0v) is 12.0. The van der Waals surface area contributed by atoms with Crippen molar-refractivity contribution < 1.29 is 9.53 Å². The highest BCUT2D eigenvalue weighted by Gasteiger charge is 2.45. The van der Waals surface area contributed by atoms with Gasteiger partial charge in [-0.2, -0.15) is 0 Å². The number of hydrogen-bond donors (Lipinski definition) is 2. The molecule has 0 radical (unpaired) electrons. The lowest BCUT2D eigenvalue weighted by atomic mass is 9.87. The van der Waals surface area contributed by atoms with Gasteiger partial charge in [0.25, 0.3) is 0 Å². The number of ether oxygens (including phenoxy) is 1. The van der Waals surface area contributed by atoms with E-state index in [-0.39, 0.29) is 23.4 Å². The lowest BCUT2D eigenvalue weighted by molar-refractivity contribution is -0.122. The number of nitrogens with zero attached hydrogens (tertiary/aromatic N) is 2. The molecule has 2 unspecified atom stereocenters. The Hall–Kier alpha value is -1.82. The number of nitrogens with two attached hydrogens (primary N) is 2. The summed E-state index contributed by atoms with van der Waals surface area (Å²) in [5.74, 6) is 0.538. The van der Waals surface area contributed by atoms with Gasteiger partial charge in [-0.15, -0.1) is 0 Å². The number of rotatable bonds is 1. The highest BCUT2D eigenvalue weighted by atomic mass is 16.5. The molecule has 0 aromatic rings. The zero-order valence-electron chi connectivity index (χ0n) is 12.0. The van der Waals surface area contributed by atoms with Gasteiger partial charge in [0.15, 0.2) is 11.7 Å². The first-order chi connectivity index (χ1) is 9.33. The Balaban J connectivity index is 2.00. The van der Waals surface area contributed by atoms with Gasteiger partial charge in [-0.1, -0.05) is 13.8 Å².